The molecule has 0 spiro atoms. The second kappa shape index (κ2) is 6.01. The first-order valence-electron chi connectivity index (χ1n) is 6.45. The van der Waals surface area contributed by atoms with Crippen LogP contribution in [0, 0.1) is 0 Å². The second-order valence-corrected chi connectivity index (χ2v) is 5.35. The molecule has 0 saturated heterocycles. The molecule has 3 N–H and O–H groups in total. The van der Waals surface area contributed by atoms with E-state index >= 15 is 0 Å². The molecule has 3 rings (SSSR count). The number of aromatic nitrogens is 3. The second-order valence-electron chi connectivity index (χ2n) is 4.43. The third-order valence-corrected chi connectivity index (χ3v) is 3.30. The van der Waals surface area contributed by atoms with Gasteiger partial charge in [0.1, 0.15) is 12.4 Å². The first-order chi connectivity index (χ1) is 10.2. The molecule has 0 atom stereocenters. The van der Waals surface area contributed by atoms with Gasteiger partial charge in [0.05, 0.1) is 6.54 Å². The van der Waals surface area contributed by atoms with Crippen molar-refractivity contribution in [2.45, 2.75) is 0 Å². The first kappa shape index (κ1) is 13.7. The number of fused-ring (bicyclic) bond motifs is 1. The number of hydrogen-bond acceptors (Lipinski definition) is 5. The van der Waals surface area contributed by atoms with Crippen molar-refractivity contribution in [3.05, 3.63) is 47.1 Å². The van der Waals surface area contributed by atoms with E-state index in [4.69, 9.17) is 10.5 Å². The highest BCUT2D eigenvalue weighted by Crippen LogP contribution is 2.13. The molecule has 3 aromatic rings. The molecule has 1 aromatic carbocycles. The van der Waals surface area contributed by atoms with Gasteiger partial charge >= 0.3 is 0 Å². The molecule has 0 aliphatic rings. The van der Waals surface area contributed by atoms with Crippen LogP contribution < -0.4 is 15.8 Å². The number of rotatable bonds is 5. The van der Waals surface area contributed by atoms with Crippen molar-refractivity contribution in [1.82, 2.24) is 14.6 Å². The summed E-state index contributed by atoms with van der Waals surface area (Å²) in [7, 11) is 0. The number of nitrogens with zero attached hydrogens (tertiary/aromatic N) is 3. The number of nitrogens with one attached hydrogen (secondary N) is 1. The summed E-state index contributed by atoms with van der Waals surface area (Å²) in [6, 6.07) is 11.1. The molecule has 0 saturated carbocycles. The summed E-state index contributed by atoms with van der Waals surface area (Å²) in [5, 5.41) is 7.45. The van der Waals surface area contributed by atoms with Crippen LogP contribution in [0.2, 0.25) is 0 Å². The van der Waals surface area contributed by atoms with Gasteiger partial charge in [-0.2, -0.15) is 4.98 Å². The van der Waals surface area contributed by atoms with Crippen LogP contribution in [0.4, 0.5) is 11.6 Å². The third kappa shape index (κ3) is 3.43. The molecule has 0 unspecified atom stereocenters. The highest BCUT2D eigenvalue weighted by atomic mass is 79.9. The molecule has 0 bridgehead atoms. The average molecular weight is 348 g/mol. The van der Waals surface area contributed by atoms with Crippen LogP contribution in [-0.4, -0.2) is 27.7 Å². The number of nitrogen functional groups attached to an aromatic ring is 1. The molecular weight excluding hydrogens is 334 g/mol. The third-order valence-electron chi connectivity index (χ3n) is 2.83. The Hall–Kier alpha value is -2.28. The zero-order chi connectivity index (χ0) is 14.7. The summed E-state index contributed by atoms with van der Waals surface area (Å²) in [5.41, 5.74) is 7.13. The number of anilines is 2. The Morgan fingerprint density at radius 3 is 2.81 bits per heavy atom. The molecule has 0 aliphatic carbocycles. The van der Waals surface area contributed by atoms with Gasteiger partial charge in [-0.3, -0.25) is 0 Å². The Balaban J connectivity index is 1.53. The highest BCUT2D eigenvalue weighted by Gasteiger charge is 2.03. The SMILES string of the molecule is Nc1ccc(OCCNc2nc3ccc(Br)cn3n2)cc1. The van der Waals surface area contributed by atoms with Crippen LogP contribution in [0.5, 0.6) is 5.75 Å². The van der Waals surface area contributed by atoms with Crippen LogP contribution in [0.3, 0.4) is 0 Å². The molecule has 6 nitrogen and oxygen atoms in total. The Labute approximate surface area is 130 Å². The fourth-order valence-corrected chi connectivity index (χ4v) is 2.15. The Bertz CT molecular complexity index is 741. The molecule has 108 valence electrons. The topological polar surface area (TPSA) is 77.5 Å². The van der Waals surface area contributed by atoms with Crippen LogP contribution in [0.25, 0.3) is 5.65 Å². The van der Waals surface area contributed by atoms with E-state index < -0.39 is 0 Å². The minimum Gasteiger partial charge on any atom is -0.492 e. The first-order valence-corrected chi connectivity index (χ1v) is 7.24. The molecule has 0 radical (unpaired) electrons. The van der Waals surface area contributed by atoms with E-state index in [1.807, 2.05) is 42.6 Å². The molecule has 2 heterocycles. The Kier molecular flexibility index (Phi) is 3.92. The fraction of sp³-hybridized carbons (Fsp3) is 0.143. The van der Waals surface area contributed by atoms with Crippen LogP contribution in [-0.2, 0) is 0 Å². The van der Waals surface area contributed by atoms with Crippen molar-refractivity contribution in [3.8, 4) is 5.75 Å². The van der Waals surface area contributed by atoms with Gasteiger partial charge in [0, 0.05) is 16.4 Å². The van der Waals surface area contributed by atoms with Crippen molar-refractivity contribution >= 4 is 33.2 Å². The van der Waals surface area contributed by atoms with Crippen LogP contribution in [0.1, 0.15) is 0 Å². The summed E-state index contributed by atoms with van der Waals surface area (Å²) >= 11 is 3.40. The van der Waals surface area contributed by atoms with Crippen molar-refractivity contribution in [2.24, 2.45) is 0 Å². The minimum absolute atomic E-state index is 0.517. The maximum atomic E-state index is 5.61. The van der Waals surface area contributed by atoms with E-state index in [1.165, 1.54) is 0 Å². The summed E-state index contributed by atoms with van der Waals surface area (Å²) in [5.74, 6) is 1.37. The van der Waals surface area contributed by atoms with Crippen LogP contribution >= 0.6 is 15.9 Å². The lowest BCUT2D eigenvalue weighted by Crippen LogP contribution is -2.12. The lowest BCUT2D eigenvalue weighted by molar-refractivity contribution is 0.332. The van der Waals surface area contributed by atoms with E-state index in [-0.39, 0.29) is 0 Å². The molecule has 21 heavy (non-hydrogen) atoms. The molecule has 0 aliphatic heterocycles. The maximum absolute atomic E-state index is 5.61. The molecule has 0 amide bonds. The number of ether oxygens (including phenoxy) is 1. The van der Waals surface area contributed by atoms with E-state index in [9.17, 15) is 0 Å². The van der Waals surface area contributed by atoms with Gasteiger partial charge in [0.2, 0.25) is 5.95 Å². The predicted octanol–water partition coefficient (Wildman–Crippen LogP) is 2.56. The number of halogens is 1. The lowest BCUT2D eigenvalue weighted by Gasteiger charge is -2.06. The summed E-state index contributed by atoms with van der Waals surface area (Å²) in [6.45, 7) is 1.13. The van der Waals surface area contributed by atoms with E-state index in [2.05, 4.69) is 31.3 Å². The van der Waals surface area contributed by atoms with Crippen molar-refractivity contribution in [2.75, 3.05) is 24.2 Å². The molecule has 7 heteroatoms. The van der Waals surface area contributed by atoms with E-state index in [1.54, 1.807) is 4.52 Å². The van der Waals surface area contributed by atoms with Gasteiger partial charge in [-0.15, -0.1) is 5.10 Å². The summed E-state index contributed by atoms with van der Waals surface area (Å²) in [4.78, 5) is 4.36. The van der Waals surface area contributed by atoms with Gasteiger partial charge in [0.25, 0.3) is 0 Å². The number of nitrogens with two attached hydrogens (primary N) is 1. The summed E-state index contributed by atoms with van der Waals surface area (Å²) in [6.07, 6.45) is 1.86. The standard InChI is InChI=1S/C14H14BrN5O/c15-10-1-6-13-18-14(19-20(13)9-10)17-7-8-21-12-4-2-11(16)3-5-12/h1-6,9H,7-8,16H2,(H,17,19). The van der Waals surface area contributed by atoms with Crippen molar-refractivity contribution in [1.29, 1.82) is 0 Å². The summed E-state index contributed by atoms with van der Waals surface area (Å²) < 4.78 is 8.26. The van der Waals surface area contributed by atoms with Gasteiger partial charge in [-0.25, -0.2) is 4.52 Å². The average Bonchev–Trinajstić information content (AvgIpc) is 2.87. The van der Waals surface area contributed by atoms with Gasteiger partial charge in [-0.05, 0) is 52.3 Å². The zero-order valence-electron chi connectivity index (χ0n) is 11.2. The number of pyridine rings is 1. The fourth-order valence-electron chi connectivity index (χ4n) is 1.83. The Morgan fingerprint density at radius 1 is 1.19 bits per heavy atom. The van der Waals surface area contributed by atoms with Crippen molar-refractivity contribution < 1.29 is 4.74 Å². The molecule has 0 fully saturated rings. The van der Waals surface area contributed by atoms with Crippen molar-refractivity contribution in [3.63, 3.8) is 0 Å². The van der Waals surface area contributed by atoms with E-state index in [0.717, 1.165) is 21.6 Å². The largest absolute Gasteiger partial charge is 0.492 e. The quantitative estimate of drug-likeness (QED) is 0.547. The normalized spacial score (nSPS) is 10.7. The number of benzene rings is 1. The monoisotopic (exact) mass is 347 g/mol. The predicted molar refractivity (Wildman–Crippen MR) is 85.5 cm³/mol. The Morgan fingerprint density at radius 2 is 2.00 bits per heavy atom. The maximum Gasteiger partial charge on any atom is 0.243 e. The van der Waals surface area contributed by atoms with Gasteiger partial charge < -0.3 is 15.8 Å². The minimum atomic E-state index is 0.517. The number of hydrogen-bond donors (Lipinski definition) is 2. The van der Waals surface area contributed by atoms with Gasteiger partial charge in [0.15, 0.2) is 5.65 Å². The van der Waals surface area contributed by atoms with Gasteiger partial charge in [-0.1, -0.05) is 0 Å². The van der Waals surface area contributed by atoms with E-state index in [0.29, 0.717) is 19.1 Å². The zero-order valence-corrected chi connectivity index (χ0v) is 12.7. The smallest absolute Gasteiger partial charge is 0.243 e. The molecular formula is C14H14BrN5O. The molecule has 2 aromatic heterocycles. The lowest BCUT2D eigenvalue weighted by atomic mass is 10.3. The highest BCUT2D eigenvalue weighted by molar-refractivity contribution is 9.10. The van der Waals surface area contributed by atoms with Crippen LogP contribution in [0.15, 0.2) is 47.1 Å².